The van der Waals surface area contributed by atoms with Gasteiger partial charge in [-0.2, -0.15) is 0 Å². The van der Waals surface area contributed by atoms with E-state index in [4.69, 9.17) is 42.6 Å². The Morgan fingerprint density at radius 2 is 0.682 bits per heavy atom. The van der Waals surface area contributed by atoms with E-state index in [-0.39, 0.29) is 24.0 Å². The minimum atomic E-state index is -0.350. The SMILES string of the molecule is CCOC(=O)/C=C/c1ccc(OCCCCCCOCC(COCCCCCCOc2ccc(/C=C/C(=O)OCC)cc2)OCCCCCCOc2ccc(/C=C/C(=O)OCC)cc2)cc1. The zero-order valence-electron chi connectivity index (χ0n) is 39.6. The van der Waals surface area contributed by atoms with Gasteiger partial charge in [-0.1, -0.05) is 55.7 Å². The first-order valence-corrected chi connectivity index (χ1v) is 23.9. The smallest absolute Gasteiger partial charge is 0.330 e. The maximum atomic E-state index is 11.5. The van der Waals surface area contributed by atoms with Crippen LogP contribution in [0.15, 0.2) is 91.0 Å². The van der Waals surface area contributed by atoms with Crippen LogP contribution in [0.25, 0.3) is 18.2 Å². The Hall–Kier alpha value is -5.43. The van der Waals surface area contributed by atoms with Crippen molar-refractivity contribution in [1.82, 2.24) is 0 Å². The first-order valence-electron chi connectivity index (χ1n) is 23.9. The van der Waals surface area contributed by atoms with Crippen LogP contribution in [-0.2, 0) is 42.8 Å². The van der Waals surface area contributed by atoms with E-state index in [0.717, 1.165) is 111 Å². The minimum absolute atomic E-state index is 0.121. The highest BCUT2D eigenvalue weighted by molar-refractivity contribution is 5.88. The number of rotatable bonds is 38. The lowest BCUT2D eigenvalue weighted by molar-refractivity contribution is -0.138. The maximum Gasteiger partial charge on any atom is 0.330 e. The van der Waals surface area contributed by atoms with Gasteiger partial charge in [-0.15, -0.1) is 0 Å². The molecule has 0 aromatic heterocycles. The molecule has 362 valence electrons. The van der Waals surface area contributed by atoms with E-state index in [1.54, 1.807) is 39.0 Å². The van der Waals surface area contributed by atoms with Gasteiger partial charge in [0, 0.05) is 38.0 Å². The molecule has 0 aliphatic heterocycles. The van der Waals surface area contributed by atoms with E-state index in [9.17, 15) is 14.4 Å². The van der Waals surface area contributed by atoms with E-state index < -0.39 is 0 Å². The fraction of sp³-hybridized carbons (Fsp3) is 0.500. The Morgan fingerprint density at radius 1 is 0.394 bits per heavy atom. The Bertz CT molecular complexity index is 1710. The largest absolute Gasteiger partial charge is 0.494 e. The molecule has 0 atom stereocenters. The summed E-state index contributed by atoms with van der Waals surface area (Å²) in [6.07, 6.45) is 21.4. The molecule has 0 aliphatic rings. The van der Waals surface area contributed by atoms with Crippen molar-refractivity contribution in [3.63, 3.8) is 0 Å². The number of hydrogen-bond acceptors (Lipinski definition) is 12. The average molecular weight is 915 g/mol. The molecule has 3 rings (SSSR count). The minimum Gasteiger partial charge on any atom is -0.494 e. The van der Waals surface area contributed by atoms with Crippen LogP contribution < -0.4 is 14.2 Å². The fourth-order valence-corrected chi connectivity index (χ4v) is 6.36. The van der Waals surface area contributed by atoms with Gasteiger partial charge < -0.3 is 42.6 Å². The lowest BCUT2D eigenvalue weighted by Gasteiger charge is -2.18. The van der Waals surface area contributed by atoms with Crippen molar-refractivity contribution < 1.29 is 57.0 Å². The van der Waals surface area contributed by atoms with E-state index in [1.807, 2.05) is 72.8 Å². The summed E-state index contributed by atoms with van der Waals surface area (Å²) in [7, 11) is 0. The van der Waals surface area contributed by atoms with E-state index in [0.29, 0.717) is 72.7 Å². The highest BCUT2D eigenvalue weighted by Crippen LogP contribution is 2.17. The van der Waals surface area contributed by atoms with Crippen molar-refractivity contribution in [1.29, 1.82) is 0 Å². The maximum absolute atomic E-state index is 11.5. The van der Waals surface area contributed by atoms with E-state index >= 15 is 0 Å². The summed E-state index contributed by atoms with van der Waals surface area (Å²) in [4.78, 5) is 34.6. The van der Waals surface area contributed by atoms with Gasteiger partial charge >= 0.3 is 17.9 Å². The van der Waals surface area contributed by atoms with Gasteiger partial charge in [0.05, 0.1) is 52.9 Å². The van der Waals surface area contributed by atoms with Crippen LogP contribution in [0.5, 0.6) is 17.2 Å². The zero-order chi connectivity index (χ0) is 47.1. The molecule has 66 heavy (non-hydrogen) atoms. The first kappa shape index (κ1) is 54.9. The highest BCUT2D eigenvalue weighted by Gasteiger charge is 2.11. The molecular formula is C54H74O12. The van der Waals surface area contributed by atoms with Gasteiger partial charge in [-0.05, 0) is 150 Å². The Labute approximate surface area is 393 Å². The van der Waals surface area contributed by atoms with Crippen LogP contribution in [-0.4, -0.2) is 96.7 Å². The van der Waals surface area contributed by atoms with Gasteiger partial charge in [-0.3, -0.25) is 0 Å². The summed E-state index contributed by atoms with van der Waals surface area (Å²) in [6, 6.07) is 23.0. The standard InChI is InChI=1S/C54H74O12/c1-4-60-52(55)34-25-45-19-28-48(29-20-45)63-39-15-9-7-13-37-58-43-51(66-42-18-12-11-17-41-65-50-32-23-47(24-33-50)27-36-54(57)62-6-3)44-59-38-14-8-10-16-40-64-49-30-21-46(22-31-49)26-35-53(56)61-5-2/h19-36,51H,4-18,37-44H2,1-3H3/b34-25+,35-26+,36-27+. The second-order valence-corrected chi connectivity index (χ2v) is 15.4. The molecular weight excluding hydrogens is 841 g/mol. The summed E-state index contributed by atoms with van der Waals surface area (Å²) in [6.45, 7) is 11.4. The normalized spacial score (nSPS) is 11.5. The van der Waals surface area contributed by atoms with Crippen LogP contribution in [0, 0.1) is 0 Å². The number of unbranched alkanes of at least 4 members (excludes halogenated alkanes) is 9. The van der Waals surface area contributed by atoms with Gasteiger partial charge in [0.1, 0.15) is 23.4 Å². The topological polar surface area (TPSA) is 134 Å². The molecule has 0 radical (unpaired) electrons. The second kappa shape index (κ2) is 36.7. The summed E-state index contributed by atoms with van der Waals surface area (Å²) in [5.74, 6) is 1.38. The fourth-order valence-electron chi connectivity index (χ4n) is 6.36. The number of esters is 3. The average Bonchev–Trinajstić information content (AvgIpc) is 3.32. The molecule has 0 N–H and O–H groups in total. The second-order valence-electron chi connectivity index (χ2n) is 15.4. The summed E-state index contributed by atoms with van der Waals surface area (Å²) >= 11 is 0. The molecule has 0 bridgehead atoms. The van der Waals surface area contributed by atoms with E-state index in [1.165, 1.54) is 18.2 Å². The molecule has 3 aromatic carbocycles. The number of ether oxygens (including phenoxy) is 9. The van der Waals surface area contributed by atoms with Crippen LogP contribution >= 0.6 is 0 Å². The molecule has 0 saturated heterocycles. The van der Waals surface area contributed by atoms with Crippen LogP contribution in [0.1, 0.15) is 115 Å². The van der Waals surface area contributed by atoms with Crippen molar-refractivity contribution in [3.05, 3.63) is 108 Å². The molecule has 0 unspecified atom stereocenters. The Kier molecular flexibility index (Phi) is 30.6. The van der Waals surface area contributed by atoms with Gasteiger partial charge in [0.25, 0.3) is 0 Å². The number of benzene rings is 3. The molecule has 0 spiro atoms. The summed E-state index contributed by atoms with van der Waals surface area (Å²) in [5.41, 5.74) is 2.73. The highest BCUT2D eigenvalue weighted by atomic mass is 16.6. The predicted octanol–water partition coefficient (Wildman–Crippen LogP) is 11.1. The van der Waals surface area contributed by atoms with Crippen LogP contribution in [0.4, 0.5) is 0 Å². The molecule has 0 fully saturated rings. The number of carbonyl (C=O) groups excluding carboxylic acids is 3. The van der Waals surface area contributed by atoms with Crippen molar-refractivity contribution in [3.8, 4) is 17.2 Å². The molecule has 12 nitrogen and oxygen atoms in total. The van der Waals surface area contributed by atoms with Gasteiger partial charge in [0.15, 0.2) is 0 Å². The molecule has 0 saturated carbocycles. The Balaban J connectivity index is 1.27. The van der Waals surface area contributed by atoms with Crippen molar-refractivity contribution in [2.75, 3.05) is 72.7 Å². The Morgan fingerprint density at radius 3 is 0.985 bits per heavy atom. The van der Waals surface area contributed by atoms with Crippen molar-refractivity contribution in [2.45, 2.75) is 104 Å². The lowest BCUT2D eigenvalue weighted by Crippen LogP contribution is -2.27. The summed E-state index contributed by atoms with van der Waals surface area (Å²) < 4.78 is 50.9. The molecule has 3 aromatic rings. The molecule has 0 heterocycles. The molecule has 0 aliphatic carbocycles. The van der Waals surface area contributed by atoms with E-state index in [2.05, 4.69) is 0 Å². The summed E-state index contributed by atoms with van der Waals surface area (Å²) in [5, 5.41) is 0. The predicted molar refractivity (Wildman–Crippen MR) is 260 cm³/mol. The third-order valence-electron chi connectivity index (χ3n) is 9.91. The molecule has 12 heteroatoms. The number of carbonyl (C=O) groups is 3. The lowest BCUT2D eigenvalue weighted by atomic mass is 10.2. The van der Waals surface area contributed by atoms with Crippen LogP contribution in [0.2, 0.25) is 0 Å². The first-order chi connectivity index (χ1) is 32.4. The zero-order valence-corrected chi connectivity index (χ0v) is 39.6. The van der Waals surface area contributed by atoms with Crippen molar-refractivity contribution in [2.24, 2.45) is 0 Å². The van der Waals surface area contributed by atoms with Gasteiger partial charge in [-0.25, -0.2) is 14.4 Å². The number of hydrogen-bond donors (Lipinski definition) is 0. The van der Waals surface area contributed by atoms with Crippen molar-refractivity contribution >= 4 is 36.1 Å². The van der Waals surface area contributed by atoms with Gasteiger partial charge in [0.2, 0.25) is 0 Å². The third kappa shape index (κ3) is 27.8. The quantitative estimate of drug-likeness (QED) is 0.0234. The third-order valence-corrected chi connectivity index (χ3v) is 9.91. The molecule has 0 amide bonds. The van der Waals surface area contributed by atoms with Crippen LogP contribution in [0.3, 0.4) is 0 Å². The monoisotopic (exact) mass is 915 g/mol.